The zero-order valence-corrected chi connectivity index (χ0v) is 9.57. The van der Waals surface area contributed by atoms with E-state index in [1.807, 2.05) is 13.8 Å². The first-order chi connectivity index (χ1) is 6.49. The second kappa shape index (κ2) is 4.65. The molecular weight excluding hydrogens is 222 g/mol. The third-order valence-electron chi connectivity index (χ3n) is 1.64. The Labute approximate surface area is 88.4 Å². The van der Waals surface area contributed by atoms with Gasteiger partial charge in [0.05, 0.1) is 11.4 Å². The molecule has 1 N–H and O–H groups in total. The summed E-state index contributed by atoms with van der Waals surface area (Å²) in [5.74, 6) is -1.10. The molecular formula is C8H11NO3S2. The summed E-state index contributed by atoms with van der Waals surface area (Å²) >= 11 is 1.47. The highest BCUT2D eigenvalue weighted by molar-refractivity contribution is 7.85. The number of thiazole rings is 1. The largest absolute Gasteiger partial charge is 0.481 e. The number of carboxylic acids is 1. The van der Waals surface area contributed by atoms with Gasteiger partial charge in [-0.15, -0.1) is 11.3 Å². The van der Waals surface area contributed by atoms with E-state index in [9.17, 15) is 9.00 Å². The summed E-state index contributed by atoms with van der Waals surface area (Å²) in [6.07, 6.45) is 0. The lowest BCUT2D eigenvalue weighted by atomic mass is 10.4. The van der Waals surface area contributed by atoms with E-state index in [0.717, 1.165) is 15.6 Å². The SMILES string of the molecule is Cc1nc(CS(=O)CC(=O)O)sc1C. The van der Waals surface area contributed by atoms with Gasteiger partial charge in [0.2, 0.25) is 0 Å². The number of hydrogen-bond donors (Lipinski definition) is 1. The summed E-state index contributed by atoms with van der Waals surface area (Å²) in [5.41, 5.74) is 0.928. The van der Waals surface area contributed by atoms with Crippen LogP contribution in [0.1, 0.15) is 15.6 Å². The van der Waals surface area contributed by atoms with Crippen LogP contribution < -0.4 is 0 Å². The fourth-order valence-corrected chi connectivity index (χ4v) is 3.00. The standard InChI is InChI=1S/C8H11NO3S2/c1-5-6(2)13-7(9-5)3-14(12)4-8(10)11/h3-4H2,1-2H3,(H,10,11). The van der Waals surface area contributed by atoms with Crippen molar-refractivity contribution in [1.82, 2.24) is 4.98 Å². The topological polar surface area (TPSA) is 67.3 Å². The van der Waals surface area contributed by atoms with E-state index in [2.05, 4.69) is 4.98 Å². The number of carboxylic acid groups (broad SMARTS) is 1. The Balaban J connectivity index is 2.60. The van der Waals surface area contributed by atoms with E-state index in [1.54, 1.807) is 0 Å². The molecule has 1 rings (SSSR count). The van der Waals surface area contributed by atoms with Crippen LogP contribution in [0.25, 0.3) is 0 Å². The molecule has 1 aromatic rings. The van der Waals surface area contributed by atoms with Crippen LogP contribution in [0, 0.1) is 13.8 Å². The Morgan fingerprint density at radius 2 is 2.21 bits per heavy atom. The molecule has 0 fully saturated rings. The number of hydrogen-bond acceptors (Lipinski definition) is 4. The Hall–Kier alpha value is -0.750. The summed E-state index contributed by atoms with van der Waals surface area (Å²) in [6, 6.07) is 0. The van der Waals surface area contributed by atoms with Crippen LogP contribution in [0.2, 0.25) is 0 Å². The van der Waals surface area contributed by atoms with E-state index in [0.29, 0.717) is 0 Å². The highest BCUT2D eigenvalue weighted by atomic mass is 32.2. The van der Waals surface area contributed by atoms with Crippen LogP contribution in [0.15, 0.2) is 0 Å². The van der Waals surface area contributed by atoms with Crippen LogP contribution >= 0.6 is 11.3 Å². The van der Waals surface area contributed by atoms with Crippen LogP contribution in [0.3, 0.4) is 0 Å². The molecule has 14 heavy (non-hydrogen) atoms. The molecule has 0 saturated heterocycles. The smallest absolute Gasteiger partial charge is 0.316 e. The zero-order chi connectivity index (χ0) is 10.7. The molecule has 0 radical (unpaired) electrons. The number of aromatic nitrogens is 1. The average Bonchev–Trinajstić information content (AvgIpc) is 2.28. The third kappa shape index (κ3) is 3.19. The molecule has 1 unspecified atom stereocenters. The van der Waals surface area contributed by atoms with Gasteiger partial charge >= 0.3 is 5.97 Å². The maximum Gasteiger partial charge on any atom is 0.316 e. The fraction of sp³-hybridized carbons (Fsp3) is 0.500. The summed E-state index contributed by atoms with van der Waals surface area (Å²) in [4.78, 5) is 15.5. The second-order valence-corrected chi connectivity index (χ2v) is 5.62. The van der Waals surface area contributed by atoms with Crippen molar-refractivity contribution in [2.45, 2.75) is 19.6 Å². The second-order valence-electron chi connectivity index (χ2n) is 2.87. The maximum absolute atomic E-state index is 11.2. The molecule has 0 aliphatic carbocycles. The molecule has 0 amide bonds. The average molecular weight is 233 g/mol. The lowest BCUT2D eigenvalue weighted by molar-refractivity contribution is -0.133. The minimum atomic E-state index is -1.35. The molecule has 1 atom stereocenters. The van der Waals surface area contributed by atoms with Crippen molar-refractivity contribution in [3.63, 3.8) is 0 Å². The molecule has 0 bridgehead atoms. The number of nitrogens with zero attached hydrogens (tertiary/aromatic N) is 1. The molecule has 1 heterocycles. The van der Waals surface area contributed by atoms with Gasteiger partial charge in [-0.25, -0.2) is 4.98 Å². The van der Waals surface area contributed by atoms with Gasteiger partial charge in [-0.05, 0) is 13.8 Å². The third-order valence-corrected chi connectivity index (χ3v) is 4.06. The van der Waals surface area contributed by atoms with Gasteiger partial charge in [0.25, 0.3) is 0 Å². The van der Waals surface area contributed by atoms with Gasteiger partial charge in [0.15, 0.2) is 0 Å². The number of aliphatic carboxylic acids is 1. The van der Waals surface area contributed by atoms with Crippen LogP contribution in [0.4, 0.5) is 0 Å². The van der Waals surface area contributed by atoms with E-state index >= 15 is 0 Å². The van der Waals surface area contributed by atoms with Gasteiger partial charge in [-0.3, -0.25) is 9.00 Å². The fourth-order valence-electron chi connectivity index (χ4n) is 0.927. The minimum Gasteiger partial charge on any atom is -0.481 e. The summed E-state index contributed by atoms with van der Waals surface area (Å²) in [5, 5.41) is 9.16. The predicted molar refractivity (Wildman–Crippen MR) is 55.9 cm³/mol. The monoisotopic (exact) mass is 233 g/mol. The Kier molecular flexibility index (Phi) is 3.77. The first-order valence-corrected chi connectivity index (χ1v) is 6.29. The van der Waals surface area contributed by atoms with Crippen molar-refractivity contribution < 1.29 is 14.1 Å². The molecule has 0 aliphatic rings. The summed E-state index contributed by atoms with van der Waals surface area (Å²) < 4.78 is 11.2. The molecule has 1 aromatic heterocycles. The number of aryl methyl sites for hydroxylation is 2. The molecule has 6 heteroatoms. The first-order valence-electron chi connectivity index (χ1n) is 3.98. The molecule has 4 nitrogen and oxygen atoms in total. The van der Waals surface area contributed by atoms with Crippen LogP contribution in [0.5, 0.6) is 0 Å². The van der Waals surface area contributed by atoms with Crippen molar-refractivity contribution in [3.05, 3.63) is 15.6 Å². The Bertz CT molecular complexity index is 353. The van der Waals surface area contributed by atoms with E-state index in [4.69, 9.17) is 5.11 Å². The van der Waals surface area contributed by atoms with E-state index < -0.39 is 16.8 Å². The number of carbonyl (C=O) groups is 1. The van der Waals surface area contributed by atoms with Gasteiger partial charge in [-0.2, -0.15) is 0 Å². The maximum atomic E-state index is 11.2. The van der Waals surface area contributed by atoms with Crippen molar-refractivity contribution in [1.29, 1.82) is 0 Å². The van der Waals surface area contributed by atoms with Crippen molar-refractivity contribution in [3.8, 4) is 0 Å². The molecule has 0 aromatic carbocycles. The quantitative estimate of drug-likeness (QED) is 0.845. The molecule has 0 spiro atoms. The highest BCUT2D eigenvalue weighted by Gasteiger charge is 2.10. The molecule has 0 aliphatic heterocycles. The van der Waals surface area contributed by atoms with Crippen molar-refractivity contribution in [2.24, 2.45) is 0 Å². The predicted octanol–water partition coefficient (Wildman–Crippen LogP) is 1.09. The normalized spacial score (nSPS) is 12.7. The molecule has 78 valence electrons. The summed E-state index contributed by atoms with van der Waals surface area (Å²) in [7, 11) is -1.35. The van der Waals surface area contributed by atoms with Gasteiger partial charge < -0.3 is 5.11 Å². The summed E-state index contributed by atoms with van der Waals surface area (Å²) in [6.45, 7) is 3.83. The lowest BCUT2D eigenvalue weighted by Crippen LogP contribution is -2.10. The van der Waals surface area contributed by atoms with Crippen molar-refractivity contribution in [2.75, 3.05) is 5.75 Å². The van der Waals surface area contributed by atoms with E-state index in [-0.39, 0.29) is 11.5 Å². The zero-order valence-electron chi connectivity index (χ0n) is 7.94. The number of rotatable bonds is 4. The van der Waals surface area contributed by atoms with Gasteiger partial charge in [0.1, 0.15) is 10.8 Å². The van der Waals surface area contributed by atoms with Crippen molar-refractivity contribution >= 4 is 28.1 Å². The lowest BCUT2D eigenvalue weighted by Gasteiger charge is -1.93. The Morgan fingerprint density at radius 3 is 2.64 bits per heavy atom. The van der Waals surface area contributed by atoms with Gasteiger partial charge in [-0.1, -0.05) is 0 Å². The van der Waals surface area contributed by atoms with E-state index in [1.165, 1.54) is 11.3 Å². The van der Waals surface area contributed by atoms with Crippen LogP contribution in [-0.2, 0) is 21.3 Å². The minimum absolute atomic E-state index is 0.242. The van der Waals surface area contributed by atoms with Gasteiger partial charge in [0, 0.05) is 15.7 Å². The first kappa shape index (κ1) is 11.3. The highest BCUT2D eigenvalue weighted by Crippen LogP contribution is 2.17. The Morgan fingerprint density at radius 1 is 1.57 bits per heavy atom. The van der Waals surface area contributed by atoms with Crippen LogP contribution in [-0.4, -0.2) is 26.0 Å². The molecule has 0 saturated carbocycles.